The van der Waals surface area contributed by atoms with Gasteiger partial charge in [0.2, 0.25) is 17.6 Å². The molecule has 2 aliphatic heterocycles. The SMILES string of the molecule is NC(=O)C1CCN(c2cc(-c3noc([C@@H]4CCCN4Cc4ccccn4)n3)ccn2)CC1. The van der Waals surface area contributed by atoms with Gasteiger partial charge in [-0.1, -0.05) is 11.2 Å². The molecular weight excluding hydrogens is 406 g/mol. The van der Waals surface area contributed by atoms with Crippen molar-refractivity contribution in [3.05, 3.63) is 54.3 Å². The minimum absolute atomic E-state index is 0.0466. The summed E-state index contributed by atoms with van der Waals surface area (Å²) >= 11 is 0. The summed E-state index contributed by atoms with van der Waals surface area (Å²) in [7, 11) is 0. The molecule has 9 nitrogen and oxygen atoms in total. The van der Waals surface area contributed by atoms with E-state index in [-0.39, 0.29) is 17.9 Å². The molecule has 2 saturated heterocycles. The second-order valence-electron chi connectivity index (χ2n) is 8.47. The fourth-order valence-corrected chi connectivity index (χ4v) is 4.61. The van der Waals surface area contributed by atoms with E-state index in [9.17, 15) is 4.79 Å². The Morgan fingerprint density at radius 1 is 1.09 bits per heavy atom. The number of carbonyl (C=O) groups is 1. The van der Waals surface area contributed by atoms with Gasteiger partial charge in [0.05, 0.1) is 11.7 Å². The lowest BCUT2D eigenvalue weighted by molar-refractivity contribution is -0.122. The van der Waals surface area contributed by atoms with Crippen molar-refractivity contribution in [1.29, 1.82) is 0 Å². The zero-order chi connectivity index (χ0) is 21.9. The highest BCUT2D eigenvalue weighted by Crippen LogP contribution is 2.33. The quantitative estimate of drug-likeness (QED) is 0.631. The second kappa shape index (κ2) is 9.04. The lowest BCUT2D eigenvalue weighted by Gasteiger charge is -2.31. The molecule has 2 aliphatic rings. The van der Waals surface area contributed by atoms with Gasteiger partial charge in [0.1, 0.15) is 5.82 Å². The molecule has 2 N–H and O–H groups in total. The van der Waals surface area contributed by atoms with Gasteiger partial charge >= 0.3 is 0 Å². The van der Waals surface area contributed by atoms with E-state index in [1.54, 1.807) is 6.20 Å². The molecule has 1 amide bonds. The van der Waals surface area contributed by atoms with Gasteiger partial charge in [0.15, 0.2) is 0 Å². The van der Waals surface area contributed by atoms with Gasteiger partial charge < -0.3 is 15.2 Å². The summed E-state index contributed by atoms with van der Waals surface area (Å²) < 4.78 is 5.69. The highest BCUT2D eigenvalue weighted by atomic mass is 16.5. The molecule has 3 aromatic rings. The average molecular weight is 434 g/mol. The summed E-state index contributed by atoms with van der Waals surface area (Å²) in [5, 5.41) is 4.26. The van der Waals surface area contributed by atoms with Crippen LogP contribution in [0.25, 0.3) is 11.4 Å². The Labute approximate surface area is 186 Å². The first kappa shape index (κ1) is 20.6. The van der Waals surface area contributed by atoms with Crippen LogP contribution in [0.3, 0.4) is 0 Å². The van der Waals surface area contributed by atoms with E-state index in [1.807, 2.05) is 36.5 Å². The fraction of sp³-hybridized carbons (Fsp3) is 0.435. The Kier molecular flexibility index (Phi) is 5.81. The zero-order valence-electron chi connectivity index (χ0n) is 17.9. The summed E-state index contributed by atoms with van der Waals surface area (Å²) in [6.45, 7) is 3.27. The van der Waals surface area contributed by atoms with E-state index in [0.29, 0.717) is 11.7 Å². The smallest absolute Gasteiger partial charge is 0.244 e. The summed E-state index contributed by atoms with van der Waals surface area (Å²) in [5.74, 6) is 1.81. The number of carbonyl (C=O) groups excluding carboxylic acids is 1. The molecule has 0 spiro atoms. The van der Waals surface area contributed by atoms with Crippen molar-refractivity contribution >= 4 is 11.7 Å². The first-order chi connectivity index (χ1) is 15.7. The highest BCUT2D eigenvalue weighted by Gasteiger charge is 2.31. The van der Waals surface area contributed by atoms with Crippen molar-refractivity contribution in [2.75, 3.05) is 24.5 Å². The maximum Gasteiger partial charge on any atom is 0.244 e. The largest absolute Gasteiger partial charge is 0.369 e. The molecule has 0 aromatic carbocycles. The van der Waals surface area contributed by atoms with Crippen LogP contribution < -0.4 is 10.6 Å². The van der Waals surface area contributed by atoms with Crippen LogP contribution in [0.5, 0.6) is 0 Å². The van der Waals surface area contributed by atoms with Crippen LogP contribution >= 0.6 is 0 Å². The first-order valence-corrected chi connectivity index (χ1v) is 11.2. The average Bonchev–Trinajstić information content (AvgIpc) is 3.49. The molecule has 0 radical (unpaired) electrons. The minimum atomic E-state index is -0.213. The highest BCUT2D eigenvalue weighted by molar-refractivity contribution is 5.77. The molecule has 3 aromatic heterocycles. The Morgan fingerprint density at radius 2 is 1.97 bits per heavy atom. The summed E-state index contributed by atoms with van der Waals surface area (Å²) in [6.07, 6.45) is 7.18. The number of nitrogens with zero attached hydrogens (tertiary/aromatic N) is 6. The maximum absolute atomic E-state index is 11.4. The third-order valence-electron chi connectivity index (χ3n) is 6.41. The molecule has 5 rings (SSSR count). The summed E-state index contributed by atoms with van der Waals surface area (Å²) in [5.41, 5.74) is 7.36. The summed E-state index contributed by atoms with van der Waals surface area (Å²) in [4.78, 5) is 29.6. The molecule has 5 heterocycles. The van der Waals surface area contributed by atoms with E-state index in [4.69, 9.17) is 15.2 Å². The van der Waals surface area contributed by atoms with E-state index in [2.05, 4.69) is 24.9 Å². The number of aromatic nitrogens is 4. The molecule has 2 fully saturated rings. The number of rotatable bonds is 6. The van der Waals surface area contributed by atoms with E-state index < -0.39 is 0 Å². The van der Waals surface area contributed by atoms with Crippen LogP contribution in [0.15, 0.2) is 47.2 Å². The molecule has 0 saturated carbocycles. The third kappa shape index (κ3) is 4.34. The lowest BCUT2D eigenvalue weighted by Crippen LogP contribution is -2.38. The number of piperidine rings is 1. The first-order valence-electron chi connectivity index (χ1n) is 11.2. The molecule has 1 atom stereocenters. The molecular formula is C23H27N7O2. The lowest BCUT2D eigenvalue weighted by atomic mass is 9.96. The summed E-state index contributed by atoms with van der Waals surface area (Å²) in [6, 6.07) is 9.97. The van der Waals surface area contributed by atoms with Crippen molar-refractivity contribution < 1.29 is 9.32 Å². The van der Waals surface area contributed by atoms with Gasteiger partial charge in [-0.25, -0.2) is 4.98 Å². The van der Waals surface area contributed by atoms with Crippen LogP contribution in [0.2, 0.25) is 0 Å². The van der Waals surface area contributed by atoms with Gasteiger partial charge in [-0.2, -0.15) is 4.98 Å². The van der Waals surface area contributed by atoms with Crippen molar-refractivity contribution in [3.8, 4) is 11.4 Å². The molecule has 32 heavy (non-hydrogen) atoms. The fourth-order valence-electron chi connectivity index (χ4n) is 4.61. The van der Waals surface area contributed by atoms with Crippen LogP contribution in [0.4, 0.5) is 5.82 Å². The van der Waals surface area contributed by atoms with E-state index >= 15 is 0 Å². The molecule has 0 aliphatic carbocycles. The second-order valence-corrected chi connectivity index (χ2v) is 8.47. The molecule has 166 valence electrons. The predicted octanol–water partition coefficient (Wildman–Crippen LogP) is 2.57. The van der Waals surface area contributed by atoms with Gasteiger partial charge in [-0.3, -0.25) is 14.7 Å². The van der Waals surface area contributed by atoms with Crippen LogP contribution in [0.1, 0.15) is 43.3 Å². The van der Waals surface area contributed by atoms with Crippen molar-refractivity contribution in [2.45, 2.75) is 38.3 Å². The van der Waals surface area contributed by atoms with Crippen molar-refractivity contribution in [3.63, 3.8) is 0 Å². The van der Waals surface area contributed by atoms with E-state index in [1.165, 1.54) is 0 Å². The van der Waals surface area contributed by atoms with Crippen LogP contribution in [-0.4, -0.2) is 50.5 Å². The number of primary amides is 1. The predicted molar refractivity (Wildman–Crippen MR) is 118 cm³/mol. The Balaban J connectivity index is 1.29. The molecule has 0 bridgehead atoms. The number of nitrogens with two attached hydrogens (primary N) is 1. The minimum Gasteiger partial charge on any atom is -0.369 e. The van der Waals surface area contributed by atoms with Crippen LogP contribution in [-0.2, 0) is 11.3 Å². The monoisotopic (exact) mass is 433 g/mol. The van der Waals surface area contributed by atoms with Crippen molar-refractivity contribution in [1.82, 2.24) is 25.0 Å². The number of anilines is 1. The Hall–Kier alpha value is -3.33. The number of hydrogen-bond donors (Lipinski definition) is 1. The molecule has 9 heteroatoms. The number of amides is 1. The molecule has 0 unspecified atom stereocenters. The number of likely N-dealkylation sites (tertiary alicyclic amines) is 1. The Bertz CT molecular complexity index is 1060. The number of hydrogen-bond acceptors (Lipinski definition) is 8. The number of pyridine rings is 2. The zero-order valence-corrected chi connectivity index (χ0v) is 17.9. The Morgan fingerprint density at radius 3 is 2.75 bits per heavy atom. The van der Waals surface area contributed by atoms with Gasteiger partial charge in [0.25, 0.3) is 0 Å². The van der Waals surface area contributed by atoms with Crippen LogP contribution in [0, 0.1) is 5.92 Å². The maximum atomic E-state index is 11.4. The van der Waals surface area contributed by atoms with Gasteiger partial charge in [-0.05, 0) is 56.5 Å². The standard InChI is InChI=1S/C23H27N7O2/c24-21(31)16-7-12-29(13-8-16)20-14-17(6-10-26-20)22-27-23(32-28-22)19-5-3-11-30(19)15-18-4-1-2-9-25-18/h1-2,4,6,9-10,14,16,19H,3,5,7-8,11-13,15H2,(H2,24,31)/t19-/m0/s1. The van der Waals surface area contributed by atoms with Gasteiger partial charge in [-0.15, -0.1) is 0 Å². The third-order valence-corrected chi connectivity index (χ3v) is 6.41. The van der Waals surface area contributed by atoms with Gasteiger partial charge in [0, 0.05) is 43.5 Å². The normalized spacial score (nSPS) is 20.0. The topological polar surface area (TPSA) is 114 Å². The van der Waals surface area contributed by atoms with Crippen molar-refractivity contribution in [2.24, 2.45) is 11.7 Å². The van der Waals surface area contributed by atoms with E-state index in [0.717, 1.165) is 68.9 Å².